The van der Waals surface area contributed by atoms with Crippen LogP contribution in [0.1, 0.15) is 12.5 Å². The summed E-state index contributed by atoms with van der Waals surface area (Å²) in [5.74, 6) is -0.201. The maximum absolute atomic E-state index is 12.5. The van der Waals surface area contributed by atoms with Crippen LogP contribution in [0.3, 0.4) is 0 Å². The molecular formula is C17H13Cl2N3O. The predicted molar refractivity (Wildman–Crippen MR) is 94.9 cm³/mol. The monoisotopic (exact) mass is 345 g/mol. The zero-order chi connectivity index (χ0) is 16.4. The van der Waals surface area contributed by atoms with Crippen LogP contribution >= 0.6 is 23.2 Å². The minimum atomic E-state index is -0.664. The first-order chi connectivity index (χ1) is 11.1. The number of carbonyl (C=O) groups excluding carboxylic acids is 1. The van der Waals surface area contributed by atoms with Crippen molar-refractivity contribution in [1.82, 2.24) is 0 Å². The molecular weight excluding hydrogens is 333 g/mol. The Balaban J connectivity index is 1.86. The molecule has 0 saturated heterocycles. The van der Waals surface area contributed by atoms with Gasteiger partial charge in [-0.2, -0.15) is 10.1 Å². The molecule has 1 unspecified atom stereocenters. The number of amides is 1. The fourth-order valence-corrected chi connectivity index (χ4v) is 2.76. The zero-order valence-electron chi connectivity index (χ0n) is 12.3. The van der Waals surface area contributed by atoms with Gasteiger partial charge in [-0.05, 0) is 31.2 Å². The lowest BCUT2D eigenvalue weighted by atomic mass is 10.2. The quantitative estimate of drug-likeness (QED) is 0.768. The van der Waals surface area contributed by atoms with Crippen LogP contribution < -0.4 is 5.01 Å². The van der Waals surface area contributed by atoms with Crippen molar-refractivity contribution in [2.24, 2.45) is 10.1 Å². The summed E-state index contributed by atoms with van der Waals surface area (Å²) in [5, 5.41) is 6.64. The fraction of sp³-hybridized carbons (Fsp3) is 0.118. The van der Waals surface area contributed by atoms with Gasteiger partial charge in [-0.3, -0.25) is 9.79 Å². The Labute approximate surface area is 144 Å². The van der Waals surface area contributed by atoms with Crippen molar-refractivity contribution >= 4 is 46.7 Å². The minimum absolute atomic E-state index is 0.201. The largest absolute Gasteiger partial charge is 0.278 e. The van der Waals surface area contributed by atoms with Crippen molar-refractivity contribution in [3.05, 3.63) is 64.1 Å². The highest BCUT2D eigenvalue weighted by Crippen LogP contribution is 2.24. The SMILES string of the molecule is CC1=NN(c2ccccc2)C(=O)C1N=Cc1c(Cl)cccc1Cl. The molecule has 116 valence electrons. The van der Waals surface area contributed by atoms with E-state index in [0.717, 1.165) is 0 Å². The normalized spacial score (nSPS) is 17.9. The smallest absolute Gasteiger partial charge is 0.273 e. The van der Waals surface area contributed by atoms with Crippen LogP contribution in [0, 0.1) is 0 Å². The third-order valence-corrected chi connectivity index (χ3v) is 4.11. The molecule has 1 heterocycles. The fourth-order valence-electron chi connectivity index (χ4n) is 2.27. The maximum atomic E-state index is 12.5. The van der Waals surface area contributed by atoms with Gasteiger partial charge in [0.05, 0.1) is 21.4 Å². The highest BCUT2D eigenvalue weighted by molar-refractivity contribution is 6.38. The number of halogens is 2. The van der Waals surface area contributed by atoms with E-state index < -0.39 is 6.04 Å². The molecule has 2 aromatic rings. The second-order valence-corrected chi connectivity index (χ2v) is 5.86. The van der Waals surface area contributed by atoms with Crippen LogP contribution in [0.2, 0.25) is 10.0 Å². The van der Waals surface area contributed by atoms with Crippen molar-refractivity contribution in [2.45, 2.75) is 13.0 Å². The second kappa shape index (κ2) is 6.52. The molecule has 0 fully saturated rings. The summed E-state index contributed by atoms with van der Waals surface area (Å²) >= 11 is 12.2. The van der Waals surface area contributed by atoms with E-state index in [1.54, 1.807) is 25.1 Å². The van der Waals surface area contributed by atoms with E-state index in [9.17, 15) is 4.79 Å². The van der Waals surface area contributed by atoms with E-state index in [1.165, 1.54) is 11.2 Å². The molecule has 23 heavy (non-hydrogen) atoms. The molecule has 0 aromatic heterocycles. The van der Waals surface area contributed by atoms with E-state index in [0.29, 0.717) is 27.0 Å². The second-order valence-electron chi connectivity index (χ2n) is 5.04. The van der Waals surface area contributed by atoms with E-state index in [2.05, 4.69) is 10.1 Å². The van der Waals surface area contributed by atoms with Crippen molar-refractivity contribution in [1.29, 1.82) is 0 Å². The number of hydrogen-bond acceptors (Lipinski definition) is 3. The Bertz CT molecular complexity index is 782. The third kappa shape index (κ3) is 3.14. The predicted octanol–water partition coefficient (Wildman–Crippen LogP) is 4.20. The molecule has 0 N–H and O–H groups in total. The Morgan fingerprint density at radius 1 is 1.09 bits per heavy atom. The van der Waals surface area contributed by atoms with Gasteiger partial charge in [0.25, 0.3) is 5.91 Å². The molecule has 4 nitrogen and oxygen atoms in total. The molecule has 1 aliphatic heterocycles. The van der Waals surface area contributed by atoms with Crippen molar-refractivity contribution < 1.29 is 4.79 Å². The highest BCUT2D eigenvalue weighted by atomic mass is 35.5. The van der Waals surface area contributed by atoms with E-state index >= 15 is 0 Å². The Morgan fingerprint density at radius 2 is 1.74 bits per heavy atom. The lowest BCUT2D eigenvalue weighted by Crippen LogP contribution is -2.30. The Morgan fingerprint density at radius 3 is 2.39 bits per heavy atom. The molecule has 0 saturated carbocycles. The number of nitrogens with zero attached hydrogens (tertiary/aromatic N) is 3. The van der Waals surface area contributed by atoms with E-state index in [4.69, 9.17) is 23.2 Å². The summed E-state index contributed by atoms with van der Waals surface area (Å²) < 4.78 is 0. The van der Waals surface area contributed by atoms with Crippen LogP contribution in [0.4, 0.5) is 5.69 Å². The van der Waals surface area contributed by atoms with Gasteiger partial charge in [-0.1, -0.05) is 47.5 Å². The molecule has 1 amide bonds. The third-order valence-electron chi connectivity index (χ3n) is 3.45. The summed E-state index contributed by atoms with van der Waals surface area (Å²) in [4.78, 5) is 16.9. The van der Waals surface area contributed by atoms with Gasteiger partial charge in [0.15, 0.2) is 6.04 Å². The Hall–Kier alpha value is -2.17. The average molecular weight is 346 g/mol. The van der Waals surface area contributed by atoms with Gasteiger partial charge >= 0.3 is 0 Å². The van der Waals surface area contributed by atoms with Crippen LogP contribution in [0.25, 0.3) is 0 Å². The summed E-state index contributed by atoms with van der Waals surface area (Å²) in [7, 11) is 0. The maximum Gasteiger partial charge on any atom is 0.278 e. The minimum Gasteiger partial charge on any atom is -0.273 e. The Kier molecular flexibility index (Phi) is 4.46. The number of aliphatic imine (C=N–C) groups is 1. The van der Waals surface area contributed by atoms with Crippen molar-refractivity contribution in [2.75, 3.05) is 5.01 Å². The van der Waals surface area contributed by atoms with Crippen molar-refractivity contribution in [3.63, 3.8) is 0 Å². The van der Waals surface area contributed by atoms with Crippen molar-refractivity contribution in [3.8, 4) is 0 Å². The summed E-state index contributed by atoms with van der Waals surface area (Å²) in [5.41, 5.74) is 1.93. The molecule has 1 atom stereocenters. The molecule has 2 aromatic carbocycles. The first-order valence-electron chi connectivity index (χ1n) is 6.99. The zero-order valence-corrected chi connectivity index (χ0v) is 13.8. The van der Waals surface area contributed by atoms with Crippen LogP contribution in [-0.2, 0) is 4.79 Å². The number of hydrogen-bond donors (Lipinski definition) is 0. The van der Waals surface area contributed by atoms with E-state index in [1.807, 2.05) is 30.3 Å². The van der Waals surface area contributed by atoms with Gasteiger partial charge in [0.2, 0.25) is 0 Å². The molecule has 3 rings (SSSR count). The summed E-state index contributed by atoms with van der Waals surface area (Å²) in [6, 6.07) is 13.8. The topological polar surface area (TPSA) is 45.0 Å². The molecule has 1 aliphatic rings. The number of para-hydroxylation sites is 1. The van der Waals surface area contributed by atoms with Gasteiger partial charge in [0.1, 0.15) is 0 Å². The van der Waals surface area contributed by atoms with Gasteiger partial charge in [0, 0.05) is 11.8 Å². The van der Waals surface area contributed by atoms with Gasteiger partial charge < -0.3 is 0 Å². The van der Waals surface area contributed by atoms with Crippen LogP contribution in [0.5, 0.6) is 0 Å². The van der Waals surface area contributed by atoms with Crippen LogP contribution in [-0.4, -0.2) is 23.9 Å². The lowest BCUT2D eigenvalue weighted by Gasteiger charge is -2.12. The van der Waals surface area contributed by atoms with Gasteiger partial charge in [-0.15, -0.1) is 0 Å². The van der Waals surface area contributed by atoms with Gasteiger partial charge in [-0.25, -0.2) is 0 Å². The average Bonchev–Trinajstić information content (AvgIpc) is 2.83. The summed E-state index contributed by atoms with van der Waals surface area (Å²) in [6.45, 7) is 1.77. The number of benzene rings is 2. The molecule has 0 spiro atoms. The number of hydrazone groups is 1. The first kappa shape index (κ1) is 15.7. The highest BCUT2D eigenvalue weighted by Gasteiger charge is 2.33. The molecule has 0 radical (unpaired) electrons. The van der Waals surface area contributed by atoms with E-state index in [-0.39, 0.29) is 5.91 Å². The first-order valence-corrected chi connectivity index (χ1v) is 7.75. The molecule has 0 bridgehead atoms. The lowest BCUT2D eigenvalue weighted by molar-refractivity contribution is -0.117. The standard InChI is InChI=1S/C17H13Cl2N3O/c1-11-16(20-10-13-14(18)8-5-9-15(13)19)17(23)22(21-11)12-6-3-2-4-7-12/h2-10,16H,1H3. The summed E-state index contributed by atoms with van der Waals surface area (Å²) in [6.07, 6.45) is 1.53. The van der Waals surface area contributed by atoms with Crippen LogP contribution in [0.15, 0.2) is 58.6 Å². The number of rotatable bonds is 3. The molecule has 0 aliphatic carbocycles. The number of anilines is 1. The number of carbonyl (C=O) groups is 1. The molecule has 6 heteroatoms.